The monoisotopic (exact) mass is 333 g/mol. The van der Waals surface area contributed by atoms with Gasteiger partial charge in [0.15, 0.2) is 0 Å². The summed E-state index contributed by atoms with van der Waals surface area (Å²) in [4.78, 5) is 0. The largest absolute Gasteiger partial charge is 0.330 e. The summed E-state index contributed by atoms with van der Waals surface area (Å²) in [5, 5.41) is 0. The van der Waals surface area contributed by atoms with Crippen LogP contribution >= 0.6 is 11.6 Å². The van der Waals surface area contributed by atoms with Crippen LogP contribution in [0.4, 0.5) is 0 Å². The van der Waals surface area contributed by atoms with Crippen LogP contribution in [0.5, 0.6) is 0 Å². The van der Waals surface area contributed by atoms with Crippen molar-refractivity contribution in [2.24, 2.45) is 5.73 Å². The van der Waals surface area contributed by atoms with Gasteiger partial charge >= 0.3 is 0 Å². The van der Waals surface area contributed by atoms with Crippen LogP contribution in [0, 0.1) is 0 Å². The van der Waals surface area contributed by atoms with E-state index >= 15 is 0 Å². The van der Waals surface area contributed by atoms with E-state index in [0.29, 0.717) is 0 Å². The van der Waals surface area contributed by atoms with E-state index in [9.17, 15) is 0 Å². The van der Waals surface area contributed by atoms with Crippen molar-refractivity contribution in [3.8, 4) is 0 Å². The summed E-state index contributed by atoms with van der Waals surface area (Å²) < 4.78 is 0. The Bertz CT molecular complexity index is 212. The fourth-order valence-corrected chi connectivity index (χ4v) is 1.34. The summed E-state index contributed by atoms with van der Waals surface area (Å²) in [7, 11) is 0. The molecule has 0 bridgehead atoms. The molecule has 0 spiro atoms. The molecule has 0 aliphatic rings. The Hall–Kier alpha value is 0.132. The van der Waals surface area contributed by atoms with E-state index in [-0.39, 0.29) is 20.4 Å². The van der Waals surface area contributed by atoms with Gasteiger partial charge in [-0.15, -0.1) is 11.6 Å². The summed E-state index contributed by atoms with van der Waals surface area (Å²) in [6.45, 7) is 2.91. The molecule has 0 unspecified atom stereocenters. The third-order valence-electron chi connectivity index (χ3n) is 2.01. The van der Waals surface area contributed by atoms with Crippen molar-refractivity contribution < 1.29 is 20.4 Å². The minimum Gasteiger partial charge on any atom is -0.330 e. The van der Waals surface area contributed by atoms with Crippen molar-refractivity contribution >= 4 is 11.6 Å². The van der Waals surface area contributed by atoms with E-state index in [4.69, 9.17) is 17.3 Å². The van der Waals surface area contributed by atoms with Crippen LogP contribution in [0.25, 0.3) is 0 Å². The van der Waals surface area contributed by atoms with E-state index in [1.165, 1.54) is 24.8 Å². The SMILES string of the molecule is CCCCCCl.NCCc1ccccc1.[Pd]. The van der Waals surface area contributed by atoms with Gasteiger partial charge in [-0.1, -0.05) is 50.1 Å². The maximum Gasteiger partial charge on any atom is 0.0223 e. The summed E-state index contributed by atoms with van der Waals surface area (Å²) in [6, 6.07) is 10.3. The minimum atomic E-state index is 0. The molecule has 0 heterocycles. The van der Waals surface area contributed by atoms with Crippen LogP contribution in [0.15, 0.2) is 30.3 Å². The van der Waals surface area contributed by atoms with Crippen LogP contribution < -0.4 is 5.73 Å². The molecule has 3 heteroatoms. The molecule has 1 nitrogen and oxygen atoms in total. The smallest absolute Gasteiger partial charge is 0.0223 e. The number of alkyl halides is 1. The van der Waals surface area contributed by atoms with Crippen LogP contribution in [-0.2, 0) is 26.8 Å². The number of unbranched alkanes of at least 4 members (excludes halogenated alkanes) is 2. The zero-order valence-corrected chi connectivity index (χ0v) is 12.2. The van der Waals surface area contributed by atoms with Gasteiger partial charge in [0.05, 0.1) is 0 Å². The van der Waals surface area contributed by atoms with Crippen molar-refractivity contribution in [2.45, 2.75) is 32.6 Å². The van der Waals surface area contributed by atoms with Crippen LogP contribution in [0.2, 0.25) is 0 Å². The second-order valence-electron chi connectivity index (χ2n) is 3.42. The molecule has 0 fully saturated rings. The third-order valence-corrected chi connectivity index (χ3v) is 2.28. The van der Waals surface area contributed by atoms with Gasteiger partial charge in [0, 0.05) is 26.3 Å². The molecular formula is C13H22ClNPd. The first-order chi connectivity index (χ1) is 7.35. The predicted octanol–water partition coefficient (Wildman–Crippen LogP) is 3.60. The molecule has 0 atom stereocenters. The van der Waals surface area contributed by atoms with E-state index in [2.05, 4.69) is 19.1 Å². The normalized spacial score (nSPS) is 8.69. The molecule has 16 heavy (non-hydrogen) atoms. The molecule has 0 aromatic heterocycles. The Morgan fingerprint density at radius 2 is 1.75 bits per heavy atom. The number of nitrogens with two attached hydrogens (primary N) is 1. The second kappa shape index (κ2) is 15.1. The van der Waals surface area contributed by atoms with E-state index in [0.717, 1.165) is 18.8 Å². The quantitative estimate of drug-likeness (QED) is 0.497. The Labute approximate surface area is 118 Å². The Kier molecular flexibility index (Phi) is 17.5. The minimum absolute atomic E-state index is 0. The topological polar surface area (TPSA) is 26.0 Å². The zero-order chi connectivity index (χ0) is 11.4. The molecule has 0 aliphatic carbocycles. The van der Waals surface area contributed by atoms with Gasteiger partial charge in [0.1, 0.15) is 0 Å². The van der Waals surface area contributed by atoms with Crippen molar-refractivity contribution in [2.75, 3.05) is 12.4 Å². The van der Waals surface area contributed by atoms with Crippen LogP contribution in [-0.4, -0.2) is 12.4 Å². The summed E-state index contributed by atoms with van der Waals surface area (Å²) in [6.07, 6.45) is 4.72. The van der Waals surface area contributed by atoms with Crippen molar-refractivity contribution in [1.29, 1.82) is 0 Å². The number of hydrogen-bond donors (Lipinski definition) is 1. The summed E-state index contributed by atoms with van der Waals surface area (Å²) in [5.41, 5.74) is 6.68. The van der Waals surface area contributed by atoms with Gasteiger partial charge in [0.25, 0.3) is 0 Å². The molecule has 1 aromatic carbocycles. The summed E-state index contributed by atoms with van der Waals surface area (Å²) >= 11 is 5.38. The Morgan fingerprint density at radius 3 is 2.12 bits per heavy atom. The van der Waals surface area contributed by atoms with Gasteiger partial charge < -0.3 is 5.73 Å². The first kappa shape index (κ1) is 18.5. The molecule has 0 radical (unpaired) electrons. The molecule has 1 aromatic rings. The molecule has 0 saturated carbocycles. The van der Waals surface area contributed by atoms with Gasteiger partial charge in [0.2, 0.25) is 0 Å². The number of halogens is 1. The first-order valence-corrected chi connectivity index (χ1v) is 6.18. The van der Waals surface area contributed by atoms with Gasteiger partial charge in [-0.25, -0.2) is 0 Å². The van der Waals surface area contributed by atoms with Gasteiger partial charge in [-0.3, -0.25) is 0 Å². The zero-order valence-electron chi connectivity index (χ0n) is 9.90. The maximum absolute atomic E-state index is 5.38. The van der Waals surface area contributed by atoms with Crippen LogP contribution in [0.3, 0.4) is 0 Å². The van der Waals surface area contributed by atoms with Crippen molar-refractivity contribution in [1.82, 2.24) is 0 Å². The number of hydrogen-bond acceptors (Lipinski definition) is 1. The summed E-state index contributed by atoms with van der Waals surface area (Å²) in [5.74, 6) is 0.827. The predicted molar refractivity (Wildman–Crippen MR) is 69.4 cm³/mol. The standard InChI is InChI=1S/C8H11N.C5H11Cl.Pd/c9-7-6-8-4-2-1-3-5-8;1-2-3-4-5-6;/h1-5H,6-7,9H2;2-5H2,1H3;. The average molecular weight is 334 g/mol. The average Bonchev–Trinajstić information content (AvgIpc) is 2.29. The molecule has 0 saturated heterocycles. The van der Waals surface area contributed by atoms with Crippen molar-refractivity contribution in [3.63, 3.8) is 0 Å². The fourth-order valence-electron chi connectivity index (χ4n) is 1.16. The molecule has 0 amide bonds. The maximum atomic E-state index is 5.38. The Balaban J connectivity index is 0. The second-order valence-corrected chi connectivity index (χ2v) is 3.80. The third kappa shape index (κ3) is 12.2. The first-order valence-electron chi connectivity index (χ1n) is 5.65. The van der Waals surface area contributed by atoms with Gasteiger partial charge in [-0.05, 0) is 24.9 Å². The van der Waals surface area contributed by atoms with Crippen molar-refractivity contribution in [3.05, 3.63) is 35.9 Å². The molecule has 1 rings (SSSR count). The molecule has 0 aliphatic heterocycles. The fraction of sp³-hybridized carbons (Fsp3) is 0.538. The van der Waals surface area contributed by atoms with Crippen LogP contribution in [0.1, 0.15) is 31.7 Å². The molecule has 96 valence electrons. The number of rotatable bonds is 5. The molecule has 2 N–H and O–H groups in total. The Morgan fingerprint density at radius 1 is 1.12 bits per heavy atom. The van der Waals surface area contributed by atoms with E-state index in [1.807, 2.05) is 18.2 Å². The van der Waals surface area contributed by atoms with E-state index < -0.39 is 0 Å². The van der Waals surface area contributed by atoms with E-state index in [1.54, 1.807) is 0 Å². The molecular weight excluding hydrogens is 312 g/mol. The van der Waals surface area contributed by atoms with Gasteiger partial charge in [-0.2, -0.15) is 0 Å². The number of benzene rings is 1.